The van der Waals surface area contributed by atoms with Crippen LogP contribution in [0.4, 0.5) is 4.79 Å². The van der Waals surface area contributed by atoms with E-state index in [2.05, 4.69) is 36.2 Å². The van der Waals surface area contributed by atoms with Crippen LogP contribution >= 0.6 is 0 Å². The van der Waals surface area contributed by atoms with Crippen LogP contribution in [0.15, 0.2) is 65.3 Å². The van der Waals surface area contributed by atoms with E-state index in [1.165, 1.54) is 0 Å². The van der Waals surface area contributed by atoms with Crippen molar-refractivity contribution in [1.29, 1.82) is 0 Å². The van der Waals surface area contributed by atoms with Crippen LogP contribution in [0.2, 0.25) is 0 Å². The Labute approximate surface area is 223 Å². The monoisotopic (exact) mass is 522 g/mol. The molecule has 2 N–H and O–H groups in total. The third kappa shape index (κ3) is 6.74. The van der Waals surface area contributed by atoms with Gasteiger partial charge in [-0.15, -0.1) is 0 Å². The molecule has 0 spiro atoms. The van der Waals surface area contributed by atoms with Gasteiger partial charge in [0.15, 0.2) is 6.29 Å². The first-order valence-electron chi connectivity index (χ1n) is 13.6. The number of rotatable bonds is 11. The van der Waals surface area contributed by atoms with Crippen molar-refractivity contribution >= 4 is 17.1 Å². The van der Waals surface area contributed by atoms with Gasteiger partial charge in [0.05, 0.1) is 37.5 Å². The summed E-state index contributed by atoms with van der Waals surface area (Å²) in [4.78, 5) is 15.2. The van der Waals surface area contributed by atoms with E-state index < -0.39 is 18.2 Å². The van der Waals surface area contributed by atoms with E-state index in [-0.39, 0.29) is 18.3 Å². The first-order valence-corrected chi connectivity index (χ1v) is 13.6. The van der Waals surface area contributed by atoms with Gasteiger partial charge in [-0.25, -0.2) is 4.79 Å². The van der Waals surface area contributed by atoms with Crippen molar-refractivity contribution in [3.05, 3.63) is 72.0 Å². The number of hydrogen-bond donors (Lipinski definition) is 2. The van der Waals surface area contributed by atoms with E-state index in [0.29, 0.717) is 38.6 Å². The maximum atomic E-state index is 13.0. The van der Waals surface area contributed by atoms with Crippen LogP contribution in [0.3, 0.4) is 0 Å². The lowest BCUT2D eigenvalue weighted by Gasteiger charge is -2.31. The van der Waals surface area contributed by atoms with Gasteiger partial charge in [0.1, 0.15) is 11.7 Å². The molecule has 2 saturated heterocycles. The minimum Gasteiger partial charge on any atom is -0.464 e. The Morgan fingerprint density at radius 1 is 1.11 bits per heavy atom. The summed E-state index contributed by atoms with van der Waals surface area (Å²) >= 11 is 0. The zero-order valence-electron chi connectivity index (χ0n) is 22.1. The van der Waals surface area contributed by atoms with Gasteiger partial charge in [0, 0.05) is 25.0 Å². The number of nitrogens with one attached hydrogen (secondary N) is 1. The number of furan rings is 1. The topological polar surface area (TPSA) is 93.4 Å². The van der Waals surface area contributed by atoms with E-state index in [0.717, 1.165) is 35.1 Å². The fraction of sp³-hybridized carbons (Fsp3) is 0.500. The van der Waals surface area contributed by atoms with Crippen LogP contribution < -0.4 is 5.32 Å². The summed E-state index contributed by atoms with van der Waals surface area (Å²) in [6.45, 7) is 7.18. The van der Waals surface area contributed by atoms with Crippen LogP contribution in [0.1, 0.15) is 31.4 Å². The molecule has 2 fully saturated rings. The highest BCUT2D eigenvalue weighted by molar-refractivity contribution is 5.77. The predicted molar refractivity (Wildman–Crippen MR) is 143 cm³/mol. The Morgan fingerprint density at radius 2 is 1.95 bits per heavy atom. The van der Waals surface area contributed by atoms with Crippen LogP contribution in [0, 0.1) is 11.8 Å². The Hall–Kier alpha value is -2.91. The average Bonchev–Trinajstić information content (AvgIpc) is 3.62. The normalized spacial score (nSPS) is 22.6. The Bertz CT molecular complexity index is 1180. The number of alkyl carbamates (subject to hydrolysis) is 1. The number of carbonyl (C=O) groups excluding carboxylic acids is 1. The smallest absolute Gasteiger partial charge is 0.407 e. The van der Waals surface area contributed by atoms with Gasteiger partial charge in [0.25, 0.3) is 0 Å². The number of aliphatic hydroxyl groups is 1. The second kappa shape index (κ2) is 12.3. The highest BCUT2D eigenvalue weighted by Gasteiger charge is 2.44. The highest BCUT2D eigenvalue weighted by atomic mass is 16.7. The fourth-order valence-electron chi connectivity index (χ4n) is 5.51. The molecule has 2 unspecified atom stereocenters. The molecule has 0 bridgehead atoms. The number of carbonyl (C=O) groups is 1. The molecule has 1 aromatic heterocycles. The molecule has 204 valence electrons. The first-order chi connectivity index (χ1) is 18.4. The van der Waals surface area contributed by atoms with Gasteiger partial charge in [-0.05, 0) is 48.1 Å². The van der Waals surface area contributed by atoms with Crippen molar-refractivity contribution in [2.75, 3.05) is 26.3 Å². The molecule has 5 atom stereocenters. The number of fused-ring (bicyclic) bond motifs is 2. The van der Waals surface area contributed by atoms with Gasteiger partial charge in [-0.1, -0.05) is 50.2 Å². The molecule has 8 heteroatoms. The molecule has 2 aliphatic rings. The number of aliphatic hydroxyl groups excluding tert-OH is 1. The molecular formula is C30H38N2O6. The minimum absolute atomic E-state index is 0.0624. The summed E-state index contributed by atoms with van der Waals surface area (Å²) in [5.74, 6) is 0.474. The van der Waals surface area contributed by atoms with Crippen molar-refractivity contribution in [2.45, 2.75) is 57.8 Å². The standard InChI is InChI=1S/C30H38N2O6/c1-20(2)16-32(17-22-8-9-27-23(14-22)10-12-35-27)18-26(33)25(15-21-6-4-3-5-7-21)31-30(34)38-28-19-37-29-24(28)11-13-36-29/h3-10,12,14,20,24-26,28-29,33H,11,13,15-19H2,1-2H3,(H,31,34)/t24?,25-,26+,28-,29?/m0/s1. The molecule has 3 aromatic rings. The largest absolute Gasteiger partial charge is 0.464 e. The van der Waals surface area contributed by atoms with Crippen LogP contribution in [0.5, 0.6) is 0 Å². The summed E-state index contributed by atoms with van der Waals surface area (Å²) in [7, 11) is 0. The molecule has 1 amide bonds. The lowest BCUT2D eigenvalue weighted by atomic mass is 10.00. The zero-order chi connectivity index (χ0) is 26.5. The second-order valence-electron chi connectivity index (χ2n) is 10.9. The zero-order valence-corrected chi connectivity index (χ0v) is 22.1. The summed E-state index contributed by atoms with van der Waals surface area (Å²) in [6, 6.07) is 17.5. The molecule has 0 aliphatic carbocycles. The van der Waals surface area contributed by atoms with E-state index in [1.54, 1.807) is 6.26 Å². The molecule has 2 aromatic carbocycles. The van der Waals surface area contributed by atoms with Crippen LogP contribution in [0.25, 0.3) is 11.0 Å². The third-order valence-electron chi connectivity index (χ3n) is 7.30. The highest BCUT2D eigenvalue weighted by Crippen LogP contribution is 2.33. The summed E-state index contributed by atoms with van der Waals surface area (Å²) < 4.78 is 22.4. The maximum Gasteiger partial charge on any atom is 0.407 e. The molecular weight excluding hydrogens is 484 g/mol. The van der Waals surface area contributed by atoms with Gasteiger partial charge in [-0.3, -0.25) is 4.90 Å². The van der Waals surface area contributed by atoms with Gasteiger partial charge >= 0.3 is 6.09 Å². The number of nitrogens with zero attached hydrogens (tertiary/aromatic N) is 1. The number of benzene rings is 2. The Kier molecular flexibility index (Phi) is 8.64. The van der Waals surface area contributed by atoms with E-state index in [4.69, 9.17) is 18.6 Å². The first kappa shape index (κ1) is 26.7. The second-order valence-corrected chi connectivity index (χ2v) is 10.9. The summed E-state index contributed by atoms with van der Waals surface area (Å²) in [5, 5.41) is 15.5. The SMILES string of the molecule is CC(C)CN(Cc1ccc2occc2c1)C[C@@H](O)[C@H](Cc1ccccc1)NC(=O)O[C@H]1COC2OCCC21. The number of hydrogen-bond acceptors (Lipinski definition) is 7. The van der Waals surface area contributed by atoms with Gasteiger partial charge in [-0.2, -0.15) is 0 Å². The lowest BCUT2D eigenvalue weighted by molar-refractivity contribution is -0.0907. The van der Waals surface area contributed by atoms with Crippen molar-refractivity contribution < 1.29 is 28.5 Å². The van der Waals surface area contributed by atoms with E-state index in [1.807, 2.05) is 42.5 Å². The minimum atomic E-state index is -0.804. The lowest BCUT2D eigenvalue weighted by Crippen LogP contribution is -2.50. The Morgan fingerprint density at radius 3 is 2.76 bits per heavy atom. The number of ether oxygens (including phenoxy) is 3. The van der Waals surface area contributed by atoms with Crippen molar-refractivity contribution in [2.24, 2.45) is 11.8 Å². The van der Waals surface area contributed by atoms with Gasteiger partial charge < -0.3 is 29.1 Å². The third-order valence-corrected chi connectivity index (χ3v) is 7.30. The van der Waals surface area contributed by atoms with Crippen molar-refractivity contribution in [3.63, 3.8) is 0 Å². The predicted octanol–water partition coefficient (Wildman–Crippen LogP) is 4.35. The molecule has 8 nitrogen and oxygen atoms in total. The molecule has 2 aliphatic heterocycles. The maximum absolute atomic E-state index is 13.0. The molecule has 0 radical (unpaired) electrons. The van der Waals surface area contributed by atoms with E-state index >= 15 is 0 Å². The number of amides is 1. The average molecular weight is 523 g/mol. The van der Waals surface area contributed by atoms with Crippen molar-refractivity contribution in [1.82, 2.24) is 10.2 Å². The quantitative estimate of drug-likeness (QED) is 0.387. The molecule has 3 heterocycles. The van der Waals surface area contributed by atoms with Crippen molar-refractivity contribution in [3.8, 4) is 0 Å². The molecule has 0 saturated carbocycles. The van der Waals surface area contributed by atoms with E-state index in [9.17, 15) is 9.90 Å². The van der Waals surface area contributed by atoms with Crippen LogP contribution in [-0.2, 0) is 27.2 Å². The summed E-state index contributed by atoms with van der Waals surface area (Å²) in [6.07, 6.45) is 1.03. The summed E-state index contributed by atoms with van der Waals surface area (Å²) in [5.41, 5.74) is 3.04. The van der Waals surface area contributed by atoms with Crippen LogP contribution in [-0.4, -0.2) is 66.9 Å². The fourth-order valence-corrected chi connectivity index (χ4v) is 5.51. The van der Waals surface area contributed by atoms with Gasteiger partial charge in [0.2, 0.25) is 0 Å². The molecule has 38 heavy (non-hydrogen) atoms. The Balaban J connectivity index is 1.27. The molecule has 5 rings (SSSR count).